The van der Waals surface area contributed by atoms with Gasteiger partial charge >= 0.3 is 0 Å². The lowest BCUT2D eigenvalue weighted by molar-refractivity contribution is 0.123. The minimum Gasteiger partial charge on any atom is -0.490 e. The Morgan fingerprint density at radius 2 is 2.14 bits per heavy atom. The third-order valence-electron chi connectivity index (χ3n) is 2.23. The Balaban J connectivity index is 2.00. The maximum absolute atomic E-state index is 13.1. The lowest BCUT2D eigenvalue weighted by Gasteiger charge is -2.31. The summed E-state index contributed by atoms with van der Waals surface area (Å²) in [6.07, 6.45) is 1.84. The van der Waals surface area contributed by atoms with Crippen LogP contribution in [0.25, 0.3) is 0 Å². The fourth-order valence-electron chi connectivity index (χ4n) is 1.34. The van der Waals surface area contributed by atoms with Crippen molar-refractivity contribution in [1.82, 2.24) is 0 Å². The van der Waals surface area contributed by atoms with Crippen molar-refractivity contribution in [2.45, 2.75) is 24.3 Å². The van der Waals surface area contributed by atoms with Crippen molar-refractivity contribution in [3.63, 3.8) is 0 Å². The van der Waals surface area contributed by atoms with Crippen molar-refractivity contribution in [2.75, 3.05) is 0 Å². The first kappa shape index (κ1) is 10.2. The summed E-state index contributed by atoms with van der Waals surface area (Å²) in [5, 5.41) is 0.222. The molecule has 0 saturated heterocycles. The summed E-state index contributed by atoms with van der Waals surface area (Å²) >= 11 is 8.89. The fourth-order valence-corrected chi connectivity index (χ4v) is 1.98. The molecule has 4 heteroatoms. The molecule has 0 aliphatic heterocycles. The molecule has 0 spiro atoms. The van der Waals surface area contributed by atoms with Gasteiger partial charge in [0.2, 0.25) is 0 Å². The third-order valence-corrected chi connectivity index (χ3v) is 3.23. The average molecular weight is 280 g/mol. The summed E-state index contributed by atoms with van der Waals surface area (Å²) < 4.78 is 19.0. The number of hydrogen-bond donors (Lipinski definition) is 0. The number of benzene rings is 1. The van der Waals surface area contributed by atoms with Crippen LogP contribution < -0.4 is 4.74 Å². The van der Waals surface area contributed by atoms with Gasteiger partial charge < -0.3 is 4.74 Å². The van der Waals surface area contributed by atoms with E-state index in [-0.39, 0.29) is 17.3 Å². The Labute approximate surface area is 95.3 Å². The molecule has 0 heterocycles. The molecule has 14 heavy (non-hydrogen) atoms. The molecule has 0 amide bonds. The van der Waals surface area contributed by atoms with E-state index < -0.39 is 0 Å². The summed E-state index contributed by atoms with van der Waals surface area (Å²) in [5.74, 6) is 0.267. The monoisotopic (exact) mass is 278 g/mol. The predicted octanol–water partition coefficient (Wildman–Crippen LogP) is 3.74. The number of hydrogen-bond acceptors (Lipinski definition) is 1. The van der Waals surface area contributed by atoms with Crippen molar-refractivity contribution in [3.8, 4) is 5.75 Å². The summed E-state index contributed by atoms with van der Waals surface area (Å²) in [6, 6.07) is 4.77. The Bertz CT molecular complexity index is 339. The van der Waals surface area contributed by atoms with Gasteiger partial charge in [-0.15, -0.1) is 11.6 Å². The van der Waals surface area contributed by atoms with Crippen molar-refractivity contribution in [1.29, 1.82) is 0 Å². The normalized spacial score (nSPS) is 25.6. The molecule has 0 bridgehead atoms. The van der Waals surface area contributed by atoms with Crippen LogP contribution in [0.15, 0.2) is 22.7 Å². The maximum atomic E-state index is 13.1. The summed E-state index contributed by atoms with van der Waals surface area (Å²) in [5.41, 5.74) is 0. The minimum atomic E-state index is -0.302. The SMILES string of the molecule is Fc1cc(OC2CC(Cl)C2)ccc1Br. The number of alkyl halides is 1. The van der Waals surface area contributed by atoms with Crippen molar-refractivity contribution < 1.29 is 9.13 Å². The van der Waals surface area contributed by atoms with Crippen LogP contribution in [-0.4, -0.2) is 11.5 Å². The highest BCUT2D eigenvalue weighted by Gasteiger charge is 2.28. The van der Waals surface area contributed by atoms with Gasteiger partial charge in [-0.25, -0.2) is 4.39 Å². The molecule has 0 atom stereocenters. The first-order chi connectivity index (χ1) is 6.65. The second-order valence-corrected chi connectivity index (χ2v) is 4.86. The van der Waals surface area contributed by atoms with Gasteiger partial charge in [0.25, 0.3) is 0 Å². The van der Waals surface area contributed by atoms with Gasteiger partial charge in [-0.1, -0.05) is 0 Å². The van der Waals surface area contributed by atoms with E-state index in [1.807, 2.05) is 0 Å². The van der Waals surface area contributed by atoms with Crippen LogP contribution in [0.5, 0.6) is 5.75 Å². The largest absolute Gasteiger partial charge is 0.490 e. The molecule has 0 unspecified atom stereocenters. The maximum Gasteiger partial charge on any atom is 0.141 e. The highest BCUT2D eigenvalue weighted by Crippen LogP contribution is 2.30. The van der Waals surface area contributed by atoms with Gasteiger partial charge in [0.05, 0.1) is 4.47 Å². The Hall–Kier alpha value is -0.280. The zero-order valence-electron chi connectivity index (χ0n) is 7.34. The van der Waals surface area contributed by atoms with E-state index in [0.29, 0.717) is 10.2 Å². The lowest BCUT2D eigenvalue weighted by atomic mass is 9.95. The Kier molecular flexibility index (Phi) is 2.98. The molecule has 1 aliphatic rings. The van der Waals surface area contributed by atoms with E-state index in [1.54, 1.807) is 12.1 Å². The lowest BCUT2D eigenvalue weighted by Crippen LogP contribution is -2.34. The van der Waals surface area contributed by atoms with Gasteiger partial charge in [0.15, 0.2) is 0 Å². The molecule has 0 N–H and O–H groups in total. The van der Waals surface area contributed by atoms with Crippen LogP contribution in [-0.2, 0) is 0 Å². The molecule has 2 rings (SSSR count). The Morgan fingerprint density at radius 1 is 1.43 bits per heavy atom. The third kappa shape index (κ3) is 2.20. The van der Waals surface area contributed by atoms with Crippen molar-refractivity contribution >= 4 is 27.5 Å². The highest BCUT2D eigenvalue weighted by molar-refractivity contribution is 9.10. The van der Waals surface area contributed by atoms with Crippen LogP contribution in [0, 0.1) is 5.82 Å². The first-order valence-corrected chi connectivity index (χ1v) is 5.64. The van der Waals surface area contributed by atoms with E-state index in [9.17, 15) is 4.39 Å². The number of ether oxygens (including phenoxy) is 1. The van der Waals surface area contributed by atoms with E-state index in [2.05, 4.69) is 15.9 Å². The number of rotatable bonds is 2. The van der Waals surface area contributed by atoms with Crippen molar-refractivity contribution in [2.24, 2.45) is 0 Å². The molecular formula is C10H9BrClFO. The molecule has 1 aliphatic carbocycles. The molecule has 0 radical (unpaired) electrons. The zero-order valence-corrected chi connectivity index (χ0v) is 9.69. The summed E-state index contributed by atoms with van der Waals surface area (Å²) in [4.78, 5) is 0. The van der Waals surface area contributed by atoms with Gasteiger partial charge in [0.1, 0.15) is 17.7 Å². The standard InChI is InChI=1S/C10H9BrClFO/c11-9-2-1-7(5-10(9)13)14-8-3-6(12)4-8/h1-2,5-6,8H,3-4H2. The Morgan fingerprint density at radius 3 is 2.71 bits per heavy atom. The van der Waals surface area contributed by atoms with Crippen LogP contribution in [0.4, 0.5) is 4.39 Å². The molecule has 1 nitrogen and oxygen atoms in total. The first-order valence-electron chi connectivity index (χ1n) is 4.41. The van der Waals surface area contributed by atoms with Crippen LogP contribution >= 0.6 is 27.5 Å². The van der Waals surface area contributed by atoms with E-state index in [1.165, 1.54) is 6.07 Å². The molecule has 1 fully saturated rings. The molecule has 76 valence electrons. The second-order valence-electron chi connectivity index (χ2n) is 3.38. The molecule has 1 saturated carbocycles. The number of halogens is 3. The topological polar surface area (TPSA) is 9.23 Å². The fraction of sp³-hybridized carbons (Fsp3) is 0.400. The quantitative estimate of drug-likeness (QED) is 0.750. The van der Waals surface area contributed by atoms with Gasteiger partial charge in [-0.3, -0.25) is 0 Å². The van der Waals surface area contributed by atoms with E-state index >= 15 is 0 Å². The predicted molar refractivity (Wildman–Crippen MR) is 57.4 cm³/mol. The van der Waals surface area contributed by atoms with Gasteiger partial charge in [-0.2, -0.15) is 0 Å². The van der Waals surface area contributed by atoms with E-state index in [4.69, 9.17) is 16.3 Å². The molecule has 1 aromatic rings. The highest BCUT2D eigenvalue weighted by atomic mass is 79.9. The zero-order chi connectivity index (χ0) is 10.1. The second kappa shape index (κ2) is 4.07. The van der Waals surface area contributed by atoms with E-state index in [0.717, 1.165) is 12.8 Å². The van der Waals surface area contributed by atoms with Crippen LogP contribution in [0.1, 0.15) is 12.8 Å². The van der Waals surface area contributed by atoms with Crippen LogP contribution in [0.2, 0.25) is 0 Å². The van der Waals surface area contributed by atoms with Crippen molar-refractivity contribution in [3.05, 3.63) is 28.5 Å². The summed E-state index contributed by atoms with van der Waals surface area (Å²) in [7, 11) is 0. The van der Waals surface area contributed by atoms with Gasteiger partial charge in [-0.05, 0) is 28.1 Å². The van der Waals surface area contributed by atoms with Gasteiger partial charge in [0, 0.05) is 24.3 Å². The molecule has 0 aromatic heterocycles. The smallest absolute Gasteiger partial charge is 0.141 e. The molecule has 1 aromatic carbocycles. The van der Waals surface area contributed by atoms with Crippen LogP contribution in [0.3, 0.4) is 0 Å². The summed E-state index contributed by atoms with van der Waals surface area (Å²) in [6.45, 7) is 0. The molecular weight excluding hydrogens is 270 g/mol. The minimum absolute atomic E-state index is 0.151. The average Bonchev–Trinajstić information content (AvgIpc) is 2.09.